The molecular weight excluding hydrogens is 256 g/mol. The van der Waals surface area contributed by atoms with Gasteiger partial charge < -0.3 is 14.7 Å². The van der Waals surface area contributed by atoms with Crippen LogP contribution in [-0.4, -0.2) is 41.2 Å². The number of amides is 1. The van der Waals surface area contributed by atoms with Gasteiger partial charge in [-0.1, -0.05) is 12.1 Å². The first-order chi connectivity index (χ1) is 9.41. The molecule has 0 saturated carbocycles. The molecule has 20 heavy (non-hydrogen) atoms. The van der Waals surface area contributed by atoms with E-state index in [4.69, 9.17) is 10.00 Å². The number of nitriles is 1. The summed E-state index contributed by atoms with van der Waals surface area (Å²) < 4.78 is 5.67. The van der Waals surface area contributed by atoms with Crippen LogP contribution in [-0.2, 0) is 9.53 Å². The number of nitrogens with zero attached hydrogens (tertiary/aromatic N) is 2. The molecule has 0 aromatic heterocycles. The standard InChI is InChI=1S/C15H18N2O3/c1-15(2,19)14(18)17-6-7-20-13(10-17)12-5-3-4-11(8-12)9-16/h3-5,8,13,19H,6-7,10H2,1-2H3/t13-/m0/s1. The largest absolute Gasteiger partial charge is 0.381 e. The molecule has 1 atom stereocenters. The topological polar surface area (TPSA) is 73.6 Å². The van der Waals surface area contributed by atoms with Crippen molar-refractivity contribution in [3.63, 3.8) is 0 Å². The number of carbonyl (C=O) groups excluding carboxylic acids is 1. The number of hydrogen-bond acceptors (Lipinski definition) is 4. The highest BCUT2D eigenvalue weighted by atomic mass is 16.5. The van der Waals surface area contributed by atoms with Crippen LogP contribution in [0.5, 0.6) is 0 Å². The van der Waals surface area contributed by atoms with Crippen molar-refractivity contribution in [3.8, 4) is 6.07 Å². The van der Waals surface area contributed by atoms with Gasteiger partial charge in [0.25, 0.3) is 5.91 Å². The minimum Gasteiger partial charge on any atom is -0.381 e. The molecule has 0 spiro atoms. The van der Waals surface area contributed by atoms with E-state index >= 15 is 0 Å². The van der Waals surface area contributed by atoms with E-state index in [0.29, 0.717) is 25.3 Å². The van der Waals surface area contributed by atoms with Crippen molar-refractivity contribution in [2.75, 3.05) is 19.7 Å². The predicted octanol–water partition coefficient (Wildman–Crippen LogP) is 1.23. The third-order valence-corrected chi connectivity index (χ3v) is 3.26. The van der Waals surface area contributed by atoms with Crippen molar-refractivity contribution < 1.29 is 14.6 Å². The van der Waals surface area contributed by atoms with Crippen LogP contribution in [0.4, 0.5) is 0 Å². The molecule has 5 heteroatoms. The maximum atomic E-state index is 12.1. The van der Waals surface area contributed by atoms with Gasteiger partial charge in [-0.05, 0) is 31.5 Å². The molecule has 1 aromatic carbocycles. The lowest BCUT2D eigenvalue weighted by atomic mass is 10.0. The Bertz CT molecular complexity index is 543. The molecule has 1 fully saturated rings. The molecule has 1 heterocycles. The van der Waals surface area contributed by atoms with Gasteiger partial charge in [-0.25, -0.2) is 0 Å². The van der Waals surface area contributed by atoms with E-state index in [-0.39, 0.29) is 12.0 Å². The highest BCUT2D eigenvalue weighted by Gasteiger charge is 2.33. The smallest absolute Gasteiger partial charge is 0.254 e. The third kappa shape index (κ3) is 3.16. The Hall–Kier alpha value is -1.90. The van der Waals surface area contributed by atoms with Crippen molar-refractivity contribution in [2.24, 2.45) is 0 Å². The predicted molar refractivity (Wildman–Crippen MR) is 72.7 cm³/mol. The number of carbonyl (C=O) groups is 1. The average molecular weight is 274 g/mol. The van der Waals surface area contributed by atoms with Crippen molar-refractivity contribution in [1.29, 1.82) is 5.26 Å². The Balaban J connectivity index is 2.15. The molecule has 1 amide bonds. The van der Waals surface area contributed by atoms with Crippen molar-refractivity contribution in [1.82, 2.24) is 4.90 Å². The Labute approximate surface area is 118 Å². The summed E-state index contributed by atoms with van der Waals surface area (Å²) in [5, 5.41) is 18.7. The second-order valence-corrected chi connectivity index (χ2v) is 5.41. The first-order valence-electron chi connectivity index (χ1n) is 6.55. The fourth-order valence-electron chi connectivity index (χ4n) is 2.23. The quantitative estimate of drug-likeness (QED) is 0.880. The van der Waals surface area contributed by atoms with Gasteiger partial charge in [0.1, 0.15) is 11.7 Å². The van der Waals surface area contributed by atoms with Crippen LogP contribution in [0.15, 0.2) is 24.3 Å². The Morgan fingerprint density at radius 1 is 1.55 bits per heavy atom. The molecule has 1 aliphatic heterocycles. The zero-order valence-corrected chi connectivity index (χ0v) is 11.7. The molecule has 5 nitrogen and oxygen atoms in total. The second-order valence-electron chi connectivity index (χ2n) is 5.41. The van der Waals surface area contributed by atoms with Gasteiger partial charge in [-0.3, -0.25) is 4.79 Å². The fraction of sp³-hybridized carbons (Fsp3) is 0.467. The zero-order chi connectivity index (χ0) is 14.8. The number of ether oxygens (including phenoxy) is 1. The molecule has 1 N–H and O–H groups in total. The molecule has 2 rings (SSSR count). The van der Waals surface area contributed by atoms with E-state index in [9.17, 15) is 9.90 Å². The molecule has 0 bridgehead atoms. The van der Waals surface area contributed by atoms with Gasteiger partial charge in [-0.15, -0.1) is 0 Å². The van der Waals surface area contributed by atoms with E-state index in [1.54, 1.807) is 23.1 Å². The Kier molecular flexibility index (Phi) is 4.07. The second kappa shape index (κ2) is 5.61. The van der Waals surface area contributed by atoms with Crippen molar-refractivity contribution in [3.05, 3.63) is 35.4 Å². The molecule has 1 saturated heterocycles. The molecule has 0 aliphatic carbocycles. The van der Waals surface area contributed by atoms with Crippen LogP contribution in [0.3, 0.4) is 0 Å². The van der Waals surface area contributed by atoms with Gasteiger partial charge in [0.15, 0.2) is 0 Å². The van der Waals surface area contributed by atoms with Gasteiger partial charge in [0.2, 0.25) is 0 Å². The normalized spacial score (nSPS) is 19.5. The van der Waals surface area contributed by atoms with Crippen LogP contribution in [0.25, 0.3) is 0 Å². The summed E-state index contributed by atoms with van der Waals surface area (Å²) in [5.41, 5.74) is 0.0606. The van der Waals surface area contributed by atoms with Gasteiger partial charge in [0.05, 0.1) is 24.8 Å². The number of morpholine rings is 1. The Morgan fingerprint density at radius 3 is 2.95 bits per heavy atom. The summed E-state index contributed by atoms with van der Waals surface area (Å²) in [7, 11) is 0. The van der Waals surface area contributed by atoms with E-state index in [1.807, 2.05) is 6.07 Å². The highest BCUT2D eigenvalue weighted by Crippen LogP contribution is 2.24. The molecule has 1 aromatic rings. The van der Waals surface area contributed by atoms with E-state index in [2.05, 4.69) is 6.07 Å². The van der Waals surface area contributed by atoms with Crippen LogP contribution in [0.2, 0.25) is 0 Å². The molecule has 0 radical (unpaired) electrons. The maximum Gasteiger partial charge on any atom is 0.254 e. The van der Waals surface area contributed by atoms with Crippen molar-refractivity contribution >= 4 is 5.91 Å². The summed E-state index contributed by atoms with van der Waals surface area (Å²) in [6, 6.07) is 9.26. The summed E-state index contributed by atoms with van der Waals surface area (Å²) in [5.74, 6) is -0.303. The number of hydrogen-bond donors (Lipinski definition) is 1. The van der Waals surface area contributed by atoms with Gasteiger partial charge in [-0.2, -0.15) is 5.26 Å². The third-order valence-electron chi connectivity index (χ3n) is 3.26. The summed E-state index contributed by atoms with van der Waals surface area (Å²) in [6.07, 6.45) is -0.261. The van der Waals surface area contributed by atoms with Crippen LogP contribution in [0, 0.1) is 11.3 Å². The molecule has 106 valence electrons. The summed E-state index contributed by atoms with van der Waals surface area (Å²) in [6.45, 7) is 4.24. The SMILES string of the molecule is CC(C)(O)C(=O)N1CCO[C@H](c2cccc(C#N)c2)C1. The van der Waals surface area contributed by atoms with E-state index in [1.165, 1.54) is 13.8 Å². The number of benzene rings is 1. The van der Waals surface area contributed by atoms with Crippen LogP contribution in [0.1, 0.15) is 31.1 Å². The van der Waals surface area contributed by atoms with Crippen LogP contribution >= 0.6 is 0 Å². The van der Waals surface area contributed by atoms with Gasteiger partial charge >= 0.3 is 0 Å². The first-order valence-corrected chi connectivity index (χ1v) is 6.55. The van der Waals surface area contributed by atoms with E-state index < -0.39 is 5.60 Å². The lowest BCUT2D eigenvalue weighted by Gasteiger charge is -2.36. The lowest BCUT2D eigenvalue weighted by molar-refractivity contribution is -0.155. The van der Waals surface area contributed by atoms with Crippen molar-refractivity contribution in [2.45, 2.75) is 25.6 Å². The Morgan fingerprint density at radius 2 is 2.30 bits per heavy atom. The molecular formula is C15H18N2O3. The first kappa shape index (κ1) is 14.5. The van der Waals surface area contributed by atoms with E-state index in [0.717, 1.165) is 5.56 Å². The average Bonchev–Trinajstić information content (AvgIpc) is 2.45. The minimum absolute atomic E-state index is 0.261. The maximum absolute atomic E-state index is 12.1. The number of rotatable bonds is 2. The minimum atomic E-state index is -1.38. The fourth-order valence-corrected chi connectivity index (χ4v) is 2.23. The van der Waals surface area contributed by atoms with Gasteiger partial charge in [0, 0.05) is 6.54 Å². The monoisotopic (exact) mass is 274 g/mol. The highest BCUT2D eigenvalue weighted by molar-refractivity contribution is 5.84. The van der Waals surface area contributed by atoms with Crippen LogP contribution < -0.4 is 0 Å². The lowest BCUT2D eigenvalue weighted by Crippen LogP contribution is -2.50. The zero-order valence-electron chi connectivity index (χ0n) is 11.7. The summed E-state index contributed by atoms with van der Waals surface area (Å²) in [4.78, 5) is 13.7. The number of aliphatic hydroxyl groups is 1. The molecule has 1 aliphatic rings. The molecule has 0 unspecified atom stereocenters. The summed E-state index contributed by atoms with van der Waals surface area (Å²) >= 11 is 0.